The molecule has 0 saturated heterocycles. The number of anilines is 2. The lowest BCUT2D eigenvalue weighted by Crippen LogP contribution is -2.32. The number of amides is 1. The van der Waals surface area contributed by atoms with Crippen LogP contribution in [0.2, 0.25) is 0 Å². The molecular formula is C15H15N5O. The molecule has 0 fully saturated rings. The summed E-state index contributed by atoms with van der Waals surface area (Å²) in [5.41, 5.74) is 0.980. The maximum Gasteiger partial charge on any atom is 0.278 e. The summed E-state index contributed by atoms with van der Waals surface area (Å²) < 4.78 is 0. The number of para-hydroxylation sites is 1. The van der Waals surface area contributed by atoms with E-state index < -0.39 is 0 Å². The molecule has 0 bridgehead atoms. The van der Waals surface area contributed by atoms with Crippen molar-refractivity contribution in [1.82, 2.24) is 9.97 Å². The molecule has 0 atom stereocenters. The van der Waals surface area contributed by atoms with Gasteiger partial charge in [0.25, 0.3) is 5.91 Å². The number of benzene rings is 1. The quantitative estimate of drug-likeness (QED) is 0.907. The Kier molecular flexibility index (Phi) is 4.83. The topological polar surface area (TPSA) is 81.9 Å². The third kappa shape index (κ3) is 3.54. The molecule has 6 nitrogen and oxygen atoms in total. The summed E-state index contributed by atoms with van der Waals surface area (Å²) in [6, 6.07) is 11.3. The Balaban J connectivity index is 2.27. The lowest BCUT2D eigenvalue weighted by molar-refractivity contribution is 0.0982. The van der Waals surface area contributed by atoms with E-state index in [2.05, 4.69) is 21.4 Å². The van der Waals surface area contributed by atoms with Crippen LogP contribution in [0.4, 0.5) is 11.5 Å². The normalized spacial score (nSPS) is 9.71. The van der Waals surface area contributed by atoms with Crippen molar-refractivity contribution in [1.29, 1.82) is 5.26 Å². The maximum atomic E-state index is 12.5. The molecule has 0 saturated carbocycles. The monoisotopic (exact) mass is 281 g/mol. The Morgan fingerprint density at radius 3 is 2.62 bits per heavy atom. The minimum atomic E-state index is -0.272. The molecule has 0 radical (unpaired) electrons. The number of aromatic nitrogens is 2. The first kappa shape index (κ1) is 14.5. The van der Waals surface area contributed by atoms with Gasteiger partial charge in [-0.3, -0.25) is 4.79 Å². The van der Waals surface area contributed by atoms with Crippen LogP contribution in [0.25, 0.3) is 0 Å². The lowest BCUT2D eigenvalue weighted by atomic mass is 10.2. The van der Waals surface area contributed by atoms with Crippen LogP contribution in [-0.2, 0) is 0 Å². The summed E-state index contributed by atoms with van der Waals surface area (Å²) in [5, 5.41) is 11.6. The van der Waals surface area contributed by atoms with Crippen molar-refractivity contribution in [2.24, 2.45) is 0 Å². The van der Waals surface area contributed by atoms with Gasteiger partial charge in [0.05, 0.1) is 24.9 Å². The highest BCUT2D eigenvalue weighted by Crippen LogP contribution is 2.16. The Labute approximate surface area is 123 Å². The van der Waals surface area contributed by atoms with Gasteiger partial charge in [-0.1, -0.05) is 18.2 Å². The first-order valence-corrected chi connectivity index (χ1v) is 6.50. The van der Waals surface area contributed by atoms with Gasteiger partial charge in [0.1, 0.15) is 11.5 Å². The molecule has 1 aromatic heterocycles. The van der Waals surface area contributed by atoms with Crippen molar-refractivity contribution in [3.63, 3.8) is 0 Å². The molecule has 0 aliphatic carbocycles. The number of hydrogen-bond acceptors (Lipinski definition) is 5. The van der Waals surface area contributed by atoms with Crippen LogP contribution in [-0.4, -0.2) is 29.5 Å². The number of carbonyl (C=O) groups excluding carboxylic acids is 1. The van der Waals surface area contributed by atoms with E-state index in [1.54, 1.807) is 7.05 Å². The second-order valence-corrected chi connectivity index (χ2v) is 4.24. The van der Waals surface area contributed by atoms with E-state index in [9.17, 15) is 4.79 Å². The zero-order valence-electron chi connectivity index (χ0n) is 11.7. The van der Waals surface area contributed by atoms with Crippen LogP contribution < -0.4 is 10.2 Å². The molecule has 1 N–H and O–H groups in total. The molecule has 2 rings (SSSR count). The molecular weight excluding hydrogens is 266 g/mol. The van der Waals surface area contributed by atoms with E-state index in [1.807, 2.05) is 30.3 Å². The number of nitrogens with zero attached hydrogens (tertiary/aromatic N) is 4. The Morgan fingerprint density at radius 2 is 2.05 bits per heavy atom. The molecule has 0 unspecified atom stereocenters. The van der Waals surface area contributed by atoms with Crippen molar-refractivity contribution in [3.8, 4) is 6.07 Å². The van der Waals surface area contributed by atoms with Crippen molar-refractivity contribution in [2.75, 3.05) is 23.8 Å². The minimum absolute atomic E-state index is 0.246. The SMILES string of the molecule is CNc1cnc(C(=O)N(CCC#N)c2ccccc2)cn1. The molecule has 0 spiro atoms. The summed E-state index contributed by atoms with van der Waals surface area (Å²) in [4.78, 5) is 22.3. The zero-order valence-corrected chi connectivity index (χ0v) is 11.7. The van der Waals surface area contributed by atoms with Gasteiger partial charge >= 0.3 is 0 Å². The van der Waals surface area contributed by atoms with Crippen molar-refractivity contribution < 1.29 is 4.79 Å². The van der Waals surface area contributed by atoms with Crippen LogP contribution in [0.5, 0.6) is 0 Å². The van der Waals surface area contributed by atoms with Crippen LogP contribution in [0.1, 0.15) is 16.9 Å². The van der Waals surface area contributed by atoms with Gasteiger partial charge in [0, 0.05) is 19.3 Å². The summed E-state index contributed by atoms with van der Waals surface area (Å²) in [6.45, 7) is 0.314. The van der Waals surface area contributed by atoms with Crippen LogP contribution >= 0.6 is 0 Å². The molecule has 21 heavy (non-hydrogen) atoms. The van der Waals surface area contributed by atoms with Crippen molar-refractivity contribution in [3.05, 3.63) is 48.4 Å². The molecule has 6 heteroatoms. The molecule has 1 aromatic carbocycles. The molecule has 0 aliphatic heterocycles. The minimum Gasteiger partial charge on any atom is -0.372 e. The second-order valence-electron chi connectivity index (χ2n) is 4.24. The fourth-order valence-electron chi connectivity index (χ4n) is 1.82. The smallest absolute Gasteiger partial charge is 0.278 e. The van der Waals surface area contributed by atoms with Gasteiger partial charge in [0.2, 0.25) is 0 Å². The lowest BCUT2D eigenvalue weighted by Gasteiger charge is -2.21. The highest BCUT2D eigenvalue weighted by Gasteiger charge is 2.18. The van der Waals surface area contributed by atoms with Gasteiger partial charge in [0.15, 0.2) is 0 Å². The van der Waals surface area contributed by atoms with Gasteiger partial charge in [-0.05, 0) is 12.1 Å². The summed E-state index contributed by atoms with van der Waals surface area (Å²) in [5.74, 6) is 0.321. The van der Waals surface area contributed by atoms with E-state index in [1.165, 1.54) is 17.3 Å². The third-order valence-corrected chi connectivity index (χ3v) is 2.89. The average Bonchev–Trinajstić information content (AvgIpc) is 2.56. The Bertz CT molecular complexity index is 633. The standard InChI is InChI=1S/C15H15N5O/c1-17-14-11-18-13(10-19-14)15(21)20(9-5-8-16)12-6-3-2-4-7-12/h2-4,6-7,10-11H,5,9H2,1H3,(H,17,19). The molecule has 1 amide bonds. The van der Waals surface area contributed by atoms with Crippen molar-refractivity contribution >= 4 is 17.4 Å². The fourth-order valence-corrected chi connectivity index (χ4v) is 1.82. The first-order valence-electron chi connectivity index (χ1n) is 6.50. The predicted molar refractivity (Wildman–Crippen MR) is 79.9 cm³/mol. The first-order chi connectivity index (χ1) is 10.3. The van der Waals surface area contributed by atoms with Crippen LogP contribution in [0.15, 0.2) is 42.7 Å². The predicted octanol–water partition coefficient (Wildman–Crippen LogP) is 2.08. The van der Waals surface area contributed by atoms with E-state index in [4.69, 9.17) is 5.26 Å². The van der Waals surface area contributed by atoms with E-state index >= 15 is 0 Å². The fraction of sp³-hybridized carbons (Fsp3) is 0.200. The number of carbonyl (C=O) groups is 1. The Morgan fingerprint density at radius 1 is 1.29 bits per heavy atom. The molecule has 106 valence electrons. The van der Waals surface area contributed by atoms with E-state index in [-0.39, 0.29) is 18.0 Å². The maximum absolute atomic E-state index is 12.5. The Hall–Kier alpha value is -2.94. The highest BCUT2D eigenvalue weighted by atomic mass is 16.2. The number of hydrogen-bond donors (Lipinski definition) is 1. The summed E-state index contributed by atoms with van der Waals surface area (Å²) >= 11 is 0. The van der Waals surface area contributed by atoms with Gasteiger partial charge in [-0.2, -0.15) is 5.26 Å². The third-order valence-electron chi connectivity index (χ3n) is 2.89. The van der Waals surface area contributed by atoms with Crippen LogP contribution in [0.3, 0.4) is 0 Å². The largest absolute Gasteiger partial charge is 0.372 e. The zero-order chi connectivity index (χ0) is 15.1. The molecule has 0 aliphatic rings. The summed E-state index contributed by atoms with van der Waals surface area (Å²) in [6.07, 6.45) is 3.18. The van der Waals surface area contributed by atoms with E-state index in [0.29, 0.717) is 12.4 Å². The number of nitrogens with one attached hydrogen (secondary N) is 1. The number of nitriles is 1. The average molecular weight is 281 g/mol. The second kappa shape index (κ2) is 7.01. The van der Waals surface area contributed by atoms with Crippen LogP contribution in [0, 0.1) is 11.3 Å². The number of rotatable bonds is 5. The van der Waals surface area contributed by atoms with Gasteiger partial charge < -0.3 is 10.2 Å². The molecule has 1 heterocycles. The van der Waals surface area contributed by atoms with Gasteiger partial charge in [-0.15, -0.1) is 0 Å². The van der Waals surface area contributed by atoms with Gasteiger partial charge in [-0.25, -0.2) is 9.97 Å². The molecule has 2 aromatic rings. The highest BCUT2D eigenvalue weighted by molar-refractivity contribution is 6.04. The van der Waals surface area contributed by atoms with E-state index in [0.717, 1.165) is 5.69 Å². The van der Waals surface area contributed by atoms with Crippen molar-refractivity contribution in [2.45, 2.75) is 6.42 Å². The summed E-state index contributed by atoms with van der Waals surface area (Å²) in [7, 11) is 1.73.